The normalized spacial score (nSPS) is 24.0. The number of hydrogen-bond donors (Lipinski definition) is 3. The Morgan fingerprint density at radius 3 is 2.89 bits per heavy atom. The van der Waals surface area contributed by atoms with Crippen LogP contribution in [0.4, 0.5) is 5.95 Å². The number of benzene rings is 1. The molecule has 2 aromatic heterocycles. The summed E-state index contributed by atoms with van der Waals surface area (Å²) in [6.45, 7) is 9.66. The number of fused-ring (bicyclic) bond motifs is 1. The number of rotatable bonds is 7. The average molecular weight is 493 g/mol. The summed E-state index contributed by atoms with van der Waals surface area (Å²) in [5.41, 5.74) is 4.68. The van der Waals surface area contributed by atoms with Gasteiger partial charge in [-0.25, -0.2) is 4.98 Å². The van der Waals surface area contributed by atoms with E-state index in [1.165, 1.54) is 18.4 Å². The van der Waals surface area contributed by atoms with Gasteiger partial charge in [0.25, 0.3) is 0 Å². The van der Waals surface area contributed by atoms with Crippen molar-refractivity contribution in [3.63, 3.8) is 0 Å². The SMILES string of the molecule is CC(C1=CC=NC(C)(Nc2nc3cc(-c4cnn(CC5CC5)c4)c(Cl)cc3[nH]2)C1)N1CCNCC1. The predicted octanol–water partition coefficient (Wildman–Crippen LogP) is 4.31. The molecule has 0 radical (unpaired) electrons. The molecule has 2 unspecified atom stereocenters. The van der Waals surface area contributed by atoms with Crippen LogP contribution in [-0.2, 0) is 6.54 Å². The molecule has 1 aliphatic carbocycles. The van der Waals surface area contributed by atoms with Crippen LogP contribution < -0.4 is 10.6 Å². The highest BCUT2D eigenvalue weighted by molar-refractivity contribution is 6.34. The van der Waals surface area contributed by atoms with Crippen molar-refractivity contribution in [3.8, 4) is 11.1 Å². The number of aromatic nitrogens is 4. The second-order valence-corrected chi connectivity index (χ2v) is 10.8. The summed E-state index contributed by atoms with van der Waals surface area (Å²) in [5, 5.41) is 12.2. The van der Waals surface area contributed by atoms with E-state index in [9.17, 15) is 0 Å². The monoisotopic (exact) mass is 492 g/mol. The molecule has 4 heterocycles. The Bertz CT molecular complexity index is 1280. The molecule has 0 spiro atoms. The Morgan fingerprint density at radius 2 is 2.09 bits per heavy atom. The topological polar surface area (TPSA) is 86.2 Å². The number of piperazine rings is 1. The Kier molecular flexibility index (Phi) is 5.90. The van der Waals surface area contributed by atoms with E-state index in [-0.39, 0.29) is 0 Å². The second-order valence-electron chi connectivity index (χ2n) is 10.4. The molecule has 3 aromatic rings. The smallest absolute Gasteiger partial charge is 0.203 e. The highest BCUT2D eigenvalue weighted by Crippen LogP contribution is 2.35. The fourth-order valence-corrected chi connectivity index (χ4v) is 5.47. The van der Waals surface area contributed by atoms with Crippen LogP contribution in [0.3, 0.4) is 0 Å². The number of imidazole rings is 1. The molecule has 8 nitrogen and oxygen atoms in total. The summed E-state index contributed by atoms with van der Waals surface area (Å²) in [7, 11) is 0. The highest BCUT2D eigenvalue weighted by Gasteiger charge is 2.31. The zero-order valence-electron chi connectivity index (χ0n) is 20.4. The van der Waals surface area contributed by atoms with Crippen molar-refractivity contribution >= 4 is 34.8 Å². The van der Waals surface area contributed by atoms with Crippen molar-refractivity contribution in [2.45, 2.75) is 51.4 Å². The number of nitrogens with zero attached hydrogens (tertiary/aromatic N) is 5. The molecule has 2 aliphatic heterocycles. The standard InChI is InChI=1S/C26H33ClN8/c1-17(34-9-7-28-8-10-34)19-5-6-29-26(2,13-19)33-25-31-23-11-21(22(27)12-24(23)32-25)20-14-30-35(16-20)15-18-3-4-18/h5-6,11-12,14,16-18,28H,3-4,7-10,13,15H2,1-2H3,(H2,31,32,33). The fraction of sp³-hybridized carbons (Fsp3) is 0.500. The molecule has 0 amide bonds. The molecular formula is C26H33ClN8. The molecule has 6 rings (SSSR count). The largest absolute Gasteiger partial charge is 0.331 e. The first-order valence-corrected chi connectivity index (χ1v) is 13.0. The van der Waals surface area contributed by atoms with Crippen molar-refractivity contribution < 1.29 is 0 Å². The van der Waals surface area contributed by atoms with Crippen LogP contribution in [0.25, 0.3) is 22.2 Å². The quantitative estimate of drug-likeness (QED) is 0.457. The molecule has 1 aromatic carbocycles. The minimum Gasteiger partial charge on any atom is -0.331 e. The maximum atomic E-state index is 6.68. The third kappa shape index (κ3) is 4.87. The molecular weight excluding hydrogens is 460 g/mol. The van der Waals surface area contributed by atoms with Crippen molar-refractivity contribution in [2.24, 2.45) is 10.9 Å². The predicted molar refractivity (Wildman–Crippen MR) is 142 cm³/mol. The average Bonchev–Trinajstić information content (AvgIpc) is 3.40. The molecule has 1 saturated carbocycles. The zero-order valence-corrected chi connectivity index (χ0v) is 21.1. The van der Waals surface area contributed by atoms with Gasteiger partial charge in [-0.2, -0.15) is 5.10 Å². The highest BCUT2D eigenvalue weighted by atomic mass is 35.5. The summed E-state index contributed by atoms with van der Waals surface area (Å²) >= 11 is 6.68. The van der Waals surface area contributed by atoms with Gasteiger partial charge in [-0.3, -0.25) is 14.6 Å². The zero-order chi connectivity index (χ0) is 24.0. The third-order valence-corrected chi connectivity index (χ3v) is 7.79. The van der Waals surface area contributed by atoms with E-state index in [4.69, 9.17) is 21.6 Å². The molecule has 0 bridgehead atoms. The summed E-state index contributed by atoms with van der Waals surface area (Å²) in [6, 6.07) is 4.39. The summed E-state index contributed by atoms with van der Waals surface area (Å²) in [4.78, 5) is 15.6. The van der Waals surface area contributed by atoms with Gasteiger partial charge in [-0.15, -0.1) is 0 Å². The van der Waals surface area contributed by atoms with E-state index < -0.39 is 5.66 Å². The van der Waals surface area contributed by atoms with Crippen LogP contribution in [0.2, 0.25) is 5.02 Å². The lowest BCUT2D eigenvalue weighted by atomic mass is 9.93. The Morgan fingerprint density at radius 1 is 1.26 bits per heavy atom. The third-order valence-electron chi connectivity index (χ3n) is 7.48. The van der Waals surface area contributed by atoms with E-state index in [0.29, 0.717) is 17.0 Å². The molecule has 1 saturated heterocycles. The fourth-order valence-electron chi connectivity index (χ4n) is 5.20. The summed E-state index contributed by atoms with van der Waals surface area (Å²) in [6.07, 6.45) is 11.5. The van der Waals surface area contributed by atoms with Crippen LogP contribution >= 0.6 is 11.6 Å². The Balaban J connectivity index is 1.19. The first-order valence-electron chi connectivity index (χ1n) is 12.7. The number of aliphatic imine (C=N–C) groups is 1. The van der Waals surface area contributed by atoms with Gasteiger partial charge in [-0.05, 0) is 56.4 Å². The number of aromatic amines is 1. The maximum absolute atomic E-state index is 6.68. The van der Waals surface area contributed by atoms with Gasteiger partial charge in [0, 0.05) is 68.7 Å². The van der Waals surface area contributed by atoms with Crippen LogP contribution in [0, 0.1) is 5.92 Å². The summed E-state index contributed by atoms with van der Waals surface area (Å²) in [5.74, 6) is 1.48. The molecule has 9 heteroatoms. The lowest BCUT2D eigenvalue weighted by Crippen LogP contribution is -2.49. The van der Waals surface area contributed by atoms with Gasteiger partial charge in [-0.1, -0.05) is 11.6 Å². The minimum atomic E-state index is -0.461. The number of nitrogens with one attached hydrogen (secondary N) is 3. The van der Waals surface area contributed by atoms with Crippen LogP contribution in [0.15, 0.2) is 41.2 Å². The van der Waals surface area contributed by atoms with E-state index in [2.05, 4.69) is 51.7 Å². The van der Waals surface area contributed by atoms with E-state index in [1.807, 2.05) is 29.2 Å². The van der Waals surface area contributed by atoms with Gasteiger partial charge in [0.05, 0.1) is 22.3 Å². The first-order chi connectivity index (χ1) is 17.0. The number of dihydropyridines is 1. The first kappa shape index (κ1) is 22.8. The Hall–Kier alpha value is -2.68. The molecule has 3 N–H and O–H groups in total. The van der Waals surface area contributed by atoms with Gasteiger partial charge >= 0.3 is 0 Å². The van der Waals surface area contributed by atoms with Crippen LogP contribution in [-0.4, -0.2) is 68.7 Å². The number of allylic oxidation sites excluding steroid dienone is 1. The lowest BCUT2D eigenvalue weighted by molar-refractivity contribution is 0.200. The number of anilines is 1. The van der Waals surface area contributed by atoms with Crippen LogP contribution in [0.1, 0.15) is 33.1 Å². The van der Waals surface area contributed by atoms with E-state index in [0.717, 1.165) is 67.2 Å². The number of halogens is 1. The van der Waals surface area contributed by atoms with Crippen molar-refractivity contribution in [1.82, 2.24) is 30.0 Å². The lowest BCUT2D eigenvalue weighted by Gasteiger charge is -2.38. The van der Waals surface area contributed by atoms with Gasteiger partial charge in [0.1, 0.15) is 5.66 Å². The molecule has 35 heavy (non-hydrogen) atoms. The maximum Gasteiger partial charge on any atom is 0.203 e. The molecule has 3 aliphatic rings. The molecule has 2 fully saturated rings. The van der Waals surface area contributed by atoms with Gasteiger partial charge in [0.15, 0.2) is 0 Å². The van der Waals surface area contributed by atoms with E-state index in [1.54, 1.807) is 0 Å². The van der Waals surface area contributed by atoms with Crippen LogP contribution in [0.5, 0.6) is 0 Å². The van der Waals surface area contributed by atoms with Gasteiger partial charge < -0.3 is 15.6 Å². The number of hydrogen-bond acceptors (Lipinski definition) is 6. The van der Waals surface area contributed by atoms with E-state index >= 15 is 0 Å². The molecule has 2 atom stereocenters. The molecule has 184 valence electrons. The number of H-pyrrole nitrogens is 1. The second kappa shape index (κ2) is 9.08. The van der Waals surface area contributed by atoms with Crippen molar-refractivity contribution in [2.75, 3.05) is 31.5 Å². The summed E-state index contributed by atoms with van der Waals surface area (Å²) < 4.78 is 2.03. The van der Waals surface area contributed by atoms with Crippen molar-refractivity contribution in [1.29, 1.82) is 0 Å². The van der Waals surface area contributed by atoms with Crippen molar-refractivity contribution in [3.05, 3.63) is 41.2 Å². The van der Waals surface area contributed by atoms with Gasteiger partial charge in [0.2, 0.25) is 5.95 Å². The Labute approximate surface area is 210 Å². The minimum absolute atomic E-state index is 0.392.